The van der Waals surface area contributed by atoms with Gasteiger partial charge in [-0.1, -0.05) is 12.8 Å². The first kappa shape index (κ1) is 15.4. The highest BCUT2D eigenvalue weighted by Gasteiger charge is 2.34. The summed E-state index contributed by atoms with van der Waals surface area (Å²) in [6.45, 7) is 5.31. The number of rotatable bonds is 5. The summed E-state index contributed by atoms with van der Waals surface area (Å²) in [6.07, 6.45) is 4.62. The fourth-order valence-electron chi connectivity index (χ4n) is 2.82. The van der Waals surface area contributed by atoms with Gasteiger partial charge in [-0.3, -0.25) is 4.79 Å². The molecule has 20 heavy (non-hydrogen) atoms. The number of ether oxygens (including phenoxy) is 1. The van der Waals surface area contributed by atoms with Gasteiger partial charge in [0.2, 0.25) is 0 Å². The van der Waals surface area contributed by atoms with E-state index in [0.717, 1.165) is 29.3 Å². The summed E-state index contributed by atoms with van der Waals surface area (Å²) in [7, 11) is 1.79. The van der Waals surface area contributed by atoms with Crippen LogP contribution in [0.2, 0.25) is 0 Å². The van der Waals surface area contributed by atoms with Gasteiger partial charge >= 0.3 is 0 Å². The Morgan fingerprint density at radius 2 is 1.95 bits per heavy atom. The third-order valence-electron chi connectivity index (χ3n) is 3.94. The summed E-state index contributed by atoms with van der Waals surface area (Å²) in [6, 6.07) is 0. The number of carbonyl (C=O) groups is 1. The Hall–Kier alpha value is -0.940. The van der Waals surface area contributed by atoms with Gasteiger partial charge in [0.25, 0.3) is 0 Å². The monoisotopic (exact) mass is 294 g/mol. The van der Waals surface area contributed by atoms with E-state index in [2.05, 4.69) is 9.97 Å². The second-order valence-electron chi connectivity index (χ2n) is 5.48. The summed E-state index contributed by atoms with van der Waals surface area (Å²) < 4.78 is 5.73. The van der Waals surface area contributed by atoms with E-state index < -0.39 is 0 Å². The van der Waals surface area contributed by atoms with Gasteiger partial charge in [-0.15, -0.1) is 11.8 Å². The van der Waals surface area contributed by atoms with Crippen LogP contribution in [0.3, 0.4) is 0 Å². The standard InChI is InChI=1S/C15H22N2O2S/c1-10-13(11(2)18)14(17-12(3)16-10)20-9-15(19-4)7-5-6-8-15/h5-9H2,1-4H3. The minimum absolute atomic E-state index is 0.0305. The summed E-state index contributed by atoms with van der Waals surface area (Å²) in [5.41, 5.74) is 1.38. The molecule has 0 unspecified atom stereocenters. The van der Waals surface area contributed by atoms with Crippen LogP contribution >= 0.6 is 11.8 Å². The van der Waals surface area contributed by atoms with Gasteiger partial charge in [0.1, 0.15) is 10.9 Å². The summed E-state index contributed by atoms with van der Waals surface area (Å²) in [5.74, 6) is 1.59. The van der Waals surface area contributed by atoms with Crippen molar-refractivity contribution in [2.24, 2.45) is 0 Å². The number of aromatic nitrogens is 2. The molecule has 1 aliphatic carbocycles. The summed E-state index contributed by atoms with van der Waals surface area (Å²) in [5, 5.41) is 0.797. The van der Waals surface area contributed by atoms with Crippen molar-refractivity contribution in [1.29, 1.82) is 0 Å². The second kappa shape index (κ2) is 6.22. The van der Waals surface area contributed by atoms with Gasteiger partial charge in [-0.25, -0.2) is 9.97 Å². The van der Waals surface area contributed by atoms with Crippen molar-refractivity contribution in [3.8, 4) is 0 Å². The highest BCUT2D eigenvalue weighted by molar-refractivity contribution is 7.99. The minimum atomic E-state index is -0.0501. The molecule has 1 fully saturated rings. The number of carbonyl (C=O) groups excluding carboxylic acids is 1. The lowest BCUT2D eigenvalue weighted by Gasteiger charge is -2.27. The summed E-state index contributed by atoms with van der Waals surface area (Å²) >= 11 is 1.63. The fraction of sp³-hybridized carbons (Fsp3) is 0.667. The molecule has 1 aromatic rings. The largest absolute Gasteiger partial charge is 0.377 e. The molecule has 0 atom stereocenters. The average Bonchev–Trinajstić information content (AvgIpc) is 2.84. The van der Waals surface area contributed by atoms with Crippen molar-refractivity contribution in [2.45, 2.75) is 57.1 Å². The molecule has 0 N–H and O–H groups in total. The summed E-state index contributed by atoms with van der Waals surface area (Å²) in [4.78, 5) is 20.6. The van der Waals surface area contributed by atoms with Gasteiger partial charge < -0.3 is 4.74 Å². The fourth-order valence-corrected chi connectivity index (χ4v) is 4.26. The molecule has 2 rings (SSSR count). The maximum Gasteiger partial charge on any atom is 0.164 e. The third kappa shape index (κ3) is 3.20. The highest BCUT2D eigenvalue weighted by Crippen LogP contribution is 2.37. The van der Waals surface area contributed by atoms with E-state index in [0.29, 0.717) is 11.4 Å². The van der Waals surface area contributed by atoms with Crippen LogP contribution < -0.4 is 0 Å². The van der Waals surface area contributed by atoms with E-state index in [1.54, 1.807) is 25.8 Å². The van der Waals surface area contributed by atoms with Gasteiger partial charge in [0, 0.05) is 12.9 Å². The molecule has 0 amide bonds. The first-order valence-electron chi connectivity index (χ1n) is 7.01. The van der Waals surface area contributed by atoms with Crippen molar-refractivity contribution in [3.05, 3.63) is 17.1 Å². The van der Waals surface area contributed by atoms with Crippen LogP contribution in [-0.2, 0) is 4.74 Å². The smallest absolute Gasteiger partial charge is 0.164 e. The maximum atomic E-state index is 11.8. The predicted molar refractivity (Wildman–Crippen MR) is 80.4 cm³/mol. The molecule has 0 saturated heterocycles. The number of hydrogen-bond donors (Lipinski definition) is 0. The number of aryl methyl sites for hydroxylation is 2. The molecular weight excluding hydrogens is 272 g/mol. The molecule has 0 bridgehead atoms. The molecule has 1 saturated carbocycles. The molecule has 5 heteroatoms. The Morgan fingerprint density at radius 3 is 2.50 bits per heavy atom. The normalized spacial score (nSPS) is 17.4. The zero-order chi connectivity index (χ0) is 14.8. The first-order chi connectivity index (χ1) is 9.47. The van der Waals surface area contributed by atoms with Crippen LogP contribution in [0.25, 0.3) is 0 Å². The van der Waals surface area contributed by atoms with Crippen LogP contribution in [0.15, 0.2) is 5.03 Å². The number of Topliss-reactive ketones (excluding diaryl/α,β-unsaturated/α-hetero) is 1. The van der Waals surface area contributed by atoms with E-state index in [-0.39, 0.29) is 11.4 Å². The molecule has 1 heterocycles. The molecule has 4 nitrogen and oxygen atoms in total. The molecule has 110 valence electrons. The van der Waals surface area contributed by atoms with E-state index in [9.17, 15) is 4.79 Å². The number of ketones is 1. The lowest BCUT2D eigenvalue weighted by atomic mass is 10.1. The van der Waals surface area contributed by atoms with Crippen LogP contribution in [-0.4, -0.2) is 34.2 Å². The van der Waals surface area contributed by atoms with Gasteiger partial charge in [-0.2, -0.15) is 0 Å². The lowest BCUT2D eigenvalue weighted by Crippen LogP contribution is -2.30. The van der Waals surface area contributed by atoms with E-state index in [4.69, 9.17) is 4.74 Å². The van der Waals surface area contributed by atoms with Crippen LogP contribution in [0.1, 0.15) is 54.5 Å². The average molecular weight is 294 g/mol. The number of hydrogen-bond acceptors (Lipinski definition) is 5. The molecule has 0 aromatic carbocycles. The van der Waals surface area contributed by atoms with Crippen LogP contribution in [0.5, 0.6) is 0 Å². The molecule has 0 aliphatic heterocycles. The Morgan fingerprint density at radius 1 is 1.30 bits per heavy atom. The van der Waals surface area contributed by atoms with E-state index >= 15 is 0 Å². The third-order valence-corrected chi connectivity index (χ3v) is 5.18. The Balaban J connectivity index is 2.22. The minimum Gasteiger partial charge on any atom is -0.377 e. The van der Waals surface area contributed by atoms with Crippen molar-refractivity contribution in [1.82, 2.24) is 9.97 Å². The topological polar surface area (TPSA) is 52.1 Å². The van der Waals surface area contributed by atoms with Gasteiger partial charge in [0.05, 0.1) is 16.9 Å². The van der Waals surface area contributed by atoms with Crippen molar-refractivity contribution in [3.63, 3.8) is 0 Å². The highest BCUT2D eigenvalue weighted by atomic mass is 32.2. The molecule has 1 aromatic heterocycles. The molecule has 0 spiro atoms. The first-order valence-corrected chi connectivity index (χ1v) is 8.00. The molecule has 0 radical (unpaired) electrons. The van der Waals surface area contributed by atoms with Crippen LogP contribution in [0, 0.1) is 13.8 Å². The Bertz CT molecular complexity index is 511. The number of nitrogens with zero attached hydrogens (tertiary/aromatic N) is 2. The van der Waals surface area contributed by atoms with Crippen molar-refractivity contribution < 1.29 is 9.53 Å². The quantitative estimate of drug-likeness (QED) is 0.473. The number of methoxy groups -OCH3 is 1. The number of thioether (sulfide) groups is 1. The Kier molecular flexibility index (Phi) is 4.81. The molecular formula is C15H22N2O2S. The zero-order valence-corrected chi connectivity index (χ0v) is 13.5. The van der Waals surface area contributed by atoms with Crippen LogP contribution in [0.4, 0.5) is 0 Å². The second-order valence-corrected chi connectivity index (χ2v) is 6.44. The van der Waals surface area contributed by atoms with Gasteiger partial charge in [0.15, 0.2) is 5.78 Å². The van der Waals surface area contributed by atoms with Gasteiger partial charge in [-0.05, 0) is 33.6 Å². The van der Waals surface area contributed by atoms with E-state index in [1.165, 1.54) is 12.8 Å². The van der Waals surface area contributed by atoms with Crippen molar-refractivity contribution >= 4 is 17.5 Å². The molecule has 1 aliphatic rings. The Labute approximate surface area is 124 Å². The SMILES string of the molecule is COC1(CSc2nc(C)nc(C)c2C(C)=O)CCCC1. The maximum absolute atomic E-state index is 11.8. The predicted octanol–water partition coefficient (Wildman–Crippen LogP) is 3.35. The van der Waals surface area contributed by atoms with Crippen molar-refractivity contribution in [2.75, 3.05) is 12.9 Å². The van der Waals surface area contributed by atoms with E-state index in [1.807, 2.05) is 13.8 Å². The lowest BCUT2D eigenvalue weighted by molar-refractivity contribution is 0.0169. The zero-order valence-electron chi connectivity index (χ0n) is 12.7.